The highest BCUT2D eigenvalue weighted by Gasteiger charge is 2.17. The molecule has 0 aliphatic rings. The summed E-state index contributed by atoms with van der Waals surface area (Å²) >= 11 is 3.49. The fraction of sp³-hybridized carbons (Fsp3) is 0.0233. The second-order valence-corrected chi connectivity index (χ2v) is 13.2. The molecule has 0 spiro atoms. The number of hydrogen-bond acceptors (Lipinski definition) is 4. The predicted molar refractivity (Wildman–Crippen MR) is 198 cm³/mol. The van der Waals surface area contributed by atoms with Gasteiger partial charge in [-0.15, -0.1) is 11.8 Å². The Morgan fingerprint density at radius 2 is 0.745 bits per heavy atom. The van der Waals surface area contributed by atoms with Gasteiger partial charge in [0.2, 0.25) is 0 Å². The first-order valence-electron chi connectivity index (χ1n) is 15.5. The second-order valence-electron chi connectivity index (χ2n) is 11.1. The summed E-state index contributed by atoms with van der Waals surface area (Å²) in [6.45, 7) is 0. The van der Waals surface area contributed by atoms with Crippen molar-refractivity contribution >= 4 is 23.5 Å². The summed E-state index contributed by atoms with van der Waals surface area (Å²) in [5, 5.41) is 22.8. The van der Waals surface area contributed by atoms with Crippen LogP contribution in [0.2, 0.25) is 0 Å². The average Bonchev–Trinajstić information content (AvgIpc) is 3.13. The minimum atomic E-state index is 0.284. The molecule has 0 aliphatic carbocycles. The van der Waals surface area contributed by atoms with Crippen molar-refractivity contribution in [1.29, 1.82) is 0 Å². The number of benzene rings is 7. The summed E-state index contributed by atoms with van der Waals surface area (Å²) < 4.78 is 0. The van der Waals surface area contributed by atoms with E-state index in [1.54, 1.807) is 23.5 Å². The van der Waals surface area contributed by atoms with E-state index in [9.17, 15) is 10.2 Å². The van der Waals surface area contributed by atoms with Crippen LogP contribution >= 0.6 is 23.5 Å². The predicted octanol–water partition coefficient (Wildman–Crippen LogP) is 12.2. The van der Waals surface area contributed by atoms with Gasteiger partial charge in [0.05, 0.1) is 0 Å². The topological polar surface area (TPSA) is 40.5 Å². The zero-order valence-corrected chi connectivity index (χ0v) is 27.2. The standard InChI is InChI=1S/C43H32O2S2/c44-42-33(30-15-3-1-4-16-30)22-13-24-37(42)35-20-8-11-27-40(35)46-29-32-19-7-10-26-39(32)47-41-28-12-9-21-36(41)38-25-14-23-34(43(38)45)31-17-5-2-6-18-31/h1-28,44-45H,29H2. The Morgan fingerprint density at radius 3 is 1.32 bits per heavy atom. The van der Waals surface area contributed by atoms with Gasteiger partial charge in [-0.3, -0.25) is 0 Å². The van der Waals surface area contributed by atoms with Crippen LogP contribution < -0.4 is 0 Å². The lowest BCUT2D eigenvalue weighted by Gasteiger charge is -2.16. The maximum absolute atomic E-state index is 11.4. The Hall–Kier alpha value is -5.16. The molecule has 0 unspecified atom stereocenters. The lowest BCUT2D eigenvalue weighted by Crippen LogP contribution is -1.90. The molecular weight excluding hydrogens is 613 g/mol. The Labute approximate surface area is 284 Å². The number of para-hydroxylation sites is 2. The SMILES string of the molecule is Oc1c(-c2ccccc2)cccc1-c1ccccc1SCc1ccccc1Sc1ccccc1-c1cccc(-c2ccccc2)c1O. The molecule has 0 radical (unpaired) electrons. The number of hydrogen-bond donors (Lipinski definition) is 2. The van der Waals surface area contributed by atoms with Crippen LogP contribution in [0.4, 0.5) is 0 Å². The van der Waals surface area contributed by atoms with Crippen molar-refractivity contribution in [3.05, 3.63) is 175 Å². The summed E-state index contributed by atoms with van der Waals surface area (Å²) in [6, 6.07) is 57.0. The van der Waals surface area contributed by atoms with Gasteiger partial charge in [0.25, 0.3) is 0 Å². The van der Waals surface area contributed by atoms with Crippen molar-refractivity contribution in [2.45, 2.75) is 20.4 Å². The molecule has 4 heteroatoms. The normalized spacial score (nSPS) is 11.0. The van der Waals surface area contributed by atoms with Crippen LogP contribution in [0, 0.1) is 0 Å². The number of phenols is 2. The van der Waals surface area contributed by atoms with Crippen molar-refractivity contribution < 1.29 is 10.2 Å². The largest absolute Gasteiger partial charge is 0.507 e. The van der Waals surface area contributed by atoms with Gasteiger partial charge in [-0.25, -0.2) is 0 Å². The molecule has 0 saturated heterocycles. The Bertz CT molecular complexity index is 2140. The third-order valence-corrected chi connectivity index (χ3v) is 10.5. The maximum atomic E-state index is 11.4. The third kappa shape index (κ3) is 6.57. The van der Waals surface area contributed by atoms with Gasteiger partial charge < -0.3 is 10.2 Å². The summed E-state index contributed by atoms with van der Waals surface area (Å²) in [4.78, 5) is 3.35. The lowest BCUT2D eigenvalue weighted by molar-refractivity contribution is 0.478. The summed E-state index contributed by atoms with van der Waals surface area (Å²) in [5.41, 5.74) is 8.48. The Balaban J connectivity index is 1.17. The summed E-state index contributed by atoms with van der Waals surface area (Å²) in [5.74, 6) is 1.33. The van der Waals surface area contributed by atoms with Crippen LogP contribution in [-0.4, -0.2) is 10.2 Å². The quantitative estimate of drug-likeness (QED) is 0.153. The molecule has 47 heavy (non-hydrogen) atoms. The first kappa shape index (κ1) is 30.5. The first-order chi connectivity index (χ1) is 23.2. The molecule has 0 aliphatic heterocycles. The summed E-state index contributed by atoms with van der Waals surface area (Å²) in [6.07, 6.45) is 0. The molecule has 7 aromatic rings. The van der Waals surface area contributed by atoms with Crippen LogP contribution in [0.25, 0.3) is 44.5 Å². The van der Waals surface area contributed by atoms with Crippen LogP contribution in [0.5, 0.6) is 11.5 Å². The molecule has 0 bridgehead atoms. The van der Waals surface area contributed by atoms with Gasteiger partial charge in [0.15, 0.2) is 0 Å². The smallest absolute Gasteiger partial charge is 0.131 e. The molecule has 228 valence electrons. The van der Waals surface area contributed by atoms with E-state index >= 15 is 0 Å². The second kappa shape index (κ2) is 14.1. The van der Waals surface area contributed by atoms with E-state index in [0.29, 0.717) is 5.75 Å². The molecule has 0 amide bonds. The van der Waals surface area contributed by atoms with E-state index in [-0.39, 0.29) is 5.75 Å². The number of thioether (sulfide) groups is 1. The van der Waals surface area contributed by atoms with E-state index < -0.39 is 0 Å². The van der Waals surface area contributed by atoms with Crippen LogP contribution in [0.3, 0.4) is 0 Å². The maximum Gasteiger partial charge on any atom is 0.131 e. The average molecular weight is 645 g/mol. The molecule has 0 saturated carbocycles. The minimum absolute atomic E-state index is 0.284. The van der Waals surface area contributed by atoms with Gasteiger partial charge in [-0.05, 0) is 46.0 Å². The van der Waals surface area contributed by atoms with E-state index in [1.807, 2.05) is 115 Å². The van der Waals surface area contributed by atoms with Crippen molar-refractivity contribution in [3.8, 4) is 56.0 Å². The van der Waals surface area contributed by atoms with Crippen molar-refractivity contribution in [2.24, 2.45) is 0 Å². The third-order valence-electron chi connectivity index (χ3n) is 8.17. The van der Waals surface area contributed by atoms with Crippen molar-refractivity contribution in [2.75, 3.05) is 0 Å². The summed E-state index contributed by atoms with van der Waals surface area (Å²) in [7, 11) is 0. The van der Waals surface area contributed by atoms with E-state index in [0.717, 1.165) is 64.9 Å². The molecular formula is C43H32O2S2. The van der Waals surface area contributed by atoms with Crippen molar-refractivity contribution in [1.82, 2.24) is 0 Å². The van der Waals surface area contributed by atoms with E-state index in [2.05, 4.69) is 54.6 Å². The van der Waals surface area contributed by atoms with Gasteiger partial charge >= 0.3 is 0 Å². The van der Waals surface area contributed by atoms with Crippen molar-refractivity contribution in [3.63, 3.8) is 0 Å². The fourth-order valence-electron chi connectivity index (χ4n) is 5.81. The Morgan fingerprint density at radius 1 is 0.340 bits per heavy atom. The number of aromatic hydroxyl groups is 2. The van der Waals surface area contributed by atoms with Crippen LogP contribution in [0.15, 0.2) is 185 Å². The van der Waals surface area contributed by atoms with Crippen LogP contribution in [-0.2, 0) is 5.75 Å². The molecule has 7 aromatic carbocycles. The highest BCUT2D eigenvalue weighted by Crippen LogP contribution is 2.45. The molecule has 2 nitrogen and oxygen atoms in total. The van der Waals surface area contributed by atoms with Gasteiger partial charge in [0, 0.05) is 42.7 Å². The van der Waals surface area contributed by atoms with Gasteiger partial charge in [-0.1, -0.05) is 163 Å². The zero-order valence-electron chi connectivity index (χ0n) is 25.6. The number of rotatable bonds is 9. The minimum Gasteiger partial charge on any atom is -0.507 e. The monoisotopic (exact) mass is 644 g/mol. The number of phenolic OH excluding ortho intramolecular Hbond substituents is 2. The molecule has 0 heterocycles. The van der Waals surface area contributed by atoms with E-state index in [1.165, 1.54) is 5.56 Å². The van der Waals surface area contributed by atoms with Gasteiger partial charge in [-0.2, -0.15) is 0 Å². The highest BCUT2D eigenvalue weighted by molar-refractivity contribution is 8.00. The first-order valence-corrected chi connectivity index (χ1v) is 17.3. The molecule has 7 rings (SSSR count). The van der Waals surface area contributed by atoms with E-state index in [4.69, 9.17) is 0 Å². The molecule has 0 atom stereocenters. The van der Waals surface area contributed by atoms with Gasteiger partial charge in [0.1, 0.15) is 11.5 Å². The fourth-order valence-corrected chi connectivity index (χ4v) is 8.06. The molecule has 0 fully saturated rings. The molecule has 2 N–H and O–H groups in total. The van der Waals surface area contributed by atoms with Crippen LogP contribution in [0.1, 0.15) is 5.56 Å². The highest BCUT2D eigenvalue weighted by atomic mass is 32.2. The Kier molecular flexibility index (Phi) is 9.14. The lowest BCUT2D eigenvalue weighted by atomic mass is 9.97. The zero-order chi connectivity index (χ0) is 32.0. The molecule has 0 aromatic heterocycles.